The van der Waals surface area contributed by atoms with Crippen LogP contribution < -0.4 is 5.32 Å². The Bertz CT molecular complexity index is 589. The van der Waals surface area contributed by atoms with Gasteiger partial charge in [0.15, 0.2) is 0 Å². The van der Waals surface area contributed by atoms with Crippen molar-refractivity contribution in [3.8, 4) is 0 Å². The number of aryl methyl sites for hydroxylation is 1. The number of halogens is 1. The van der Waals surface area contributed by atoms with Gasteiger partial charge >= 0.3 is 0 Å². The monoisotopic (exact) mass is 363 g/mol. The fourth-order valence-electron chi connectivity index (χ4n) is 2.71. The molecule has 2 N–H and O–H groups in total. The minimum absolute atomic E-state index is 0. The van der Waals surface area contributed by atoms with Crippen LogP contribution in [-0.4, -0.2) is 24.4 Å². The number of hydrogen-bond acceptors (Lipinski definition) is 3. The Balaban J connectivity index is 0.00000312. The summed E-state index contributed by atoms with van der Waals surface area (Å²) in [6.07, 6.45) is 0.451. The number of ether oxygens (including phenoxy) is 1. The maximum atomic E-state index is 10.2. The van der Waals surface area contributed by atoms with E-state index in [1.165, 1.54) is 11.1 Å². The molecule has 2 rings (SSSR count). The first-order valence-corrected chi connectivity index (χ1v) is 8.74. The molecule has 0 amide bonds. The zero-order chi connectivity index (χ0) is 17.4. The first-order valence-electron chi connectivity index (χ1n) is 8.74. The molecule has 4 heteroatoms. The molecule has 3 nitrogen and oxygen atoms in total. The predicted octanol–water partition coefficient (Wildman–Crippen LogP) is 4.60. The Morgan fingerprint density at radius 2 is 1.64 bits per heavy atom. The van der Waals surface area contributed by atoms with Crippen molar-refractivity contribution in [2.45, 2.75) is 45.4 Å². The van der Waals surface area contributed by atoms with Crippen molar-refractivity contribution in [1.29, 1.82) is 0 Å². The van der Waals surface area contributed by atoms with E-state index in [0.717, 1.165) is 12.0 Å². The molecule has 0 radical (unpaired) electrons. The van der Waals surface area contributed by atoms with Gasteiger partial charge in [-0.05, 0) is 31.4 Å². The molecule has 25 heavy (non-hydrogen) atoms. The Morgan fingerprint density at radius 3 is 2.24 bits per heavy atom. The lowest BCUT2D eigenvalue weighted by atomic mass is 10.0. The topological polar surface area (TPSA) is 41.5 Å². The van der Waals surface area contributed by atoms with Gasteiger partial charge in [-0.3, -0.25) is 0 Å². The average Bonchev–Trinajstić information content (AvgIpc) is 2.62. The Hall–Kier alpha value is -1.39. The molecule has 2 aromatic carbocycles. The van der Waals surface area contributed by atoms with Gasteiger partial charge in [0.2, 0.25) is 0 Å². The molecule has 3 unspecified atom stereocenters. The smallest absolute Gasteiger partial charge is 0.0898 e. The van der Waals surface area contributed by atoms with E-state index in [1.807, 2.05) is 37.3 Å². The lowest BCUT2D eigenvalue weighted by Crippen LogP contribution is -2.33. The maximum Gasteiger partial charge on any atom is 0.0898 e. The van der Waals surface area contributed by atoms with Gasteiger partial charge < -0.3 is 15.2 Å². The molecule has 0 aliphatic heterocycles. The summed E-state index contributed by atoms with van der Waals surface area (Å²) in [7, 11) is 0. The summed E-state index contributed by atoms with van der Waals surface area (Å²) < 4.78 is 5.79. The molecular formula is C21H30ClNO2. The maximum absolute atomic E-state index is 10.2. The first-order chi connectivity index (χ1) is 11.6. The predicted molar refractivity (Wildman–Crippen MR) is 106 cm³/mol. The van der Waals surface area contributed by atoms with Crippen molar-refractivity contribution in [3.63, 3.8) is 0 Å². The van der Waals surface area contributed by atoms with Crippen molar-refractivity contribution in [2.75, 3.05) is 13.2 Å². The average molecular weight is 364 g/mol. The minimum Gasteiger partial charge on any atom is -0.389 e. The summed E-state index contributed by atoms with van der Waals surface area (Å²) in [6.45, 7) is 7.10. The highest BCUT2D eigenvalue weighted by Gasteiger charge is 2.13. The second-order valence-corrected chi connectivity index (χ2v) is 6.32. The van der Waals surface area contributed by atoms with Crippen molar-refractivity contribution in [2.24, 2.45) is 0 Å². The second kappa shape index (κ2) is 11.3. The van der Waals surface area contributed by atoms with Crippen LogP contribution in [0.25, 0.3) is 0 Å². The van der Waals surface area contributed by atoms with Crippen molar-refractivity contribution < 1.29 is 9.84 Å². The molecule has 0 spiro atoms. The normalized spacial score (nSPS) is 14.4. The van der Waals surface area contributed by atoms with Crippen molar-refractivity contribution in [3.05, 3.63) is 71.3 Å². The van der Waals surface area contributed by atoms with Gasteiger partial charge in [0, 0.05) is 12.6 Å². The van der Waals surface area contributed by atoms with Crippen LogP contribution in [0.2, 0.25) is 0 Å². The largest absolute Gasteiger partial charge is 0.389 e. The second-order valence-electron chi connectivity index (χ2n) is 6.32. The van der Waals surface area contributed by atoms with Crippen LogP contribution >= 0.6 is 12.4 Å². The van der Waals surface area contributed by atoms with E-state index in [1.54, 1.807) is 0 Å². The van der Waals surface area contributed by atoms with E-state index >= 15 is 0 Å². The molecule has 0 saturated heterocycles. The van der Waals surface area contributed by atoms with E-state index in [-0.39, 0.29) is 24.6 Å². The van der Waals surface area contributed by atoms with E-state index < -0.39 is 6.10 Å². The van der Waals surface area contributed by atoms with Crippen LogP contribution in [0.4, 0.5) is 0 Å². The molecule has 0 heterocycles. The summed E-state index contributed by atoms with van der Waals surface area (Å²) >= 11 is 0. The zero-order valence-electron chi connectivity index (χ0n) is 15.3. The third-order valence-electron chi connectivity index (χ3n) is 4.30. The number of benzene rings is 2. The summed E-state index contributed by atoms with van der Waals surface area (Å²) in [6, 6.07) is 18.9. The molecule has 0 aromatic heterocycles. The van der Waals surface area contributed by atoms with Crippen LogP contribution in [0.5, 0.6) is 0 Å². The van der Waals surface area contributed by atoms with Gasteiger partial charge in [-0.1, -0.05) is 67.1 Å². The fourth-order valence-corrected chi connectivity index (χ4v) is 2.71. The van der Waals surface area contributed by atoms with E-state index in [0.29, 0.717) is 13.2 Å². The molecule has 0 bridgehead atoms. The third-order valence-corrected chi connectivity index (χ3v) is 4.30. The van der Waals surface area contributed by atoms with Gasteiger partial charge in [0.25, 0.3) is 0 Å². The Labute approximate surface area is 157 Å². The summed E-state index contributed by atoms with van der Waals surface area (Å²) in [5, 5.41) is 13.6. The molecule has 0 aliphatic rings. The summed E-state index contributed by atoms with van der Waals surface area (Å²) in [5.41, 5.74) is 3.65. The molecular weight excluding hydrogens is 334 g/mol. The quantitative estimate of drug-likeness (QED) is 0.684. The van der Waals surface area contributed by atoms with Gasteiger partial charge in [0.1, 0.15) is 0 Å². The van der Waals surface area contributed by atoms with E-state index in [9.17, 15) is 5.11 Å². The zero-order valence-corrected chi connectivity index (χ0v) is 16.1. The highest BCUT2D eigenvalue weighted by molar-refractivity contribution is 5.85. The van der Waals surface area contributed by atoms with Crippen LogP contribution in [0.1, 0.15) is 49.1 Å². The number of nitrogens with one attached hydrogen (secondary N) is 1. The molecule has 2 aromatic rings. The van der Waals surface area contributed by atoms with Crippen molar-refractivity contribution in [1.82, 2.24) is 5.32 Å². The van der Waals surface area contributed by atoms with Crippen LogP contribution in [0.3, 0.4) is 0 Å². The molecule has 3 atom stereocenters. The number of rotatable bonds is 9. The van der Waals surface area contributed by atoms with Gasteiger partial charge in [0.05, 0.1) is 18.8 Å². The van der Waals surface area contributed by atoms with E-state index in [2.05, 4.69) is 43.4 Å². The number of aliphatic hydroxyl groups excluding tert-OH is 1. The number of hydrogen-bond donors (Lipinski definition) is 2. The van der Waals surface area contributed by atoms with Crippen LogP contribution in [0, 0.1) is 6.92 Å². The summed E-state index contributed by atoms with van der Waals surface area (Å²) in [5.74, 6) is 0. The number of aliphatic hydroxyl groups is 1. The highest BCUT2D eigenvalue weighted by atomic mass is 35.5. The van der Waals surface area contributed by atoms with Crippen LogP contribution in [0.15, 0.2) is 54.6 Å². The van der Waals surface area contributed by atoms with Crippen LogP contribution in [-0.2, 0) is 4.74 Å². The molecule has 0 saturated carbocycles. The lowest BCUT2D eigenvalue weighted by molar-refractivity contribution is -0.00296. The minimum atomic E-state index is -0.518. The Morgan fingerprint density at radius 1 is 1.00 bits per heavy atom. The third kappa shape index (κ3) is 7.17. The van der Waals surface area contributed by atoms with Gasteiger partial charge in [-0.15, -0.1) is 12.4 Å². The van der Waals surface area contributed by atoms with Gasteiger partial charge in [-0.2, -0.15) is 0 Å². The van der Waals surface area contributed by atoms with Gasteiger partial charge in [-0.25, -0.2) is 0 Å². The summed E-state index contributed by atoms with van der Waals surface area (Å²) in [4.78, 5) is 0. The molecule has 0 aliphatic carbocycles. The first kappa shape index (κ1) is 21.7. The fraction of sp³-hybridized carbons (Fsp3) is 0.429. The standard InChI is InChI=1S/C21H29NO2.ClH/c1-4-21(19-12-10-16(2)11-13-19)22-14-20(23)15-24-17(3)18-8-6-5-7-9-18;/h5-13,17,20-23H,4,14-15H2,1-3H3;1H. The Kier molecular flexibility index (Phi) is 9.76. The highest BCUT2D eigenvalue weighted by Crippen LogP contribution is 2.18. The lowest BCUT2D eigenvalue weighted by Gasteiger charge is -2.21. The SMILES string of the molecule is CCC(NCC(O)COC(C)c1ccccc1)c1ccc(C)cc1.Cl. The van der Waals surface area contributed by atoms with E-state index in [4.69, 9.17) is 4.74 Å². The van der Waals surface area contributed by atoms with Crippen molar-refractivity contribution >= 4 is 12.4 Å². The molecule has 138 valence electrons. The molecule has 0 fully saturated rings.